The molecule has 2 aromatic rings. The topological polar surface area (TPSA) is 50.2 Å². The molecule has 3 heterocycles. The smallest absolute Gasteiger partial charge is 0.242 e. The lowest BCUT2D eigenvalue weighted by atomic mass is 9.78. The molecule has 0 atom stereocenters. The molecule has 4 rings (SSSR count). The molecule has 0 unspecified atom stereocenters. The molecule has 2 aliphatic rings. The highest BCUT2D eigenvalue weighted by Crippen LogP contribution is 2.37. The van der Waals surface area contributed by atoms with Gasteiger partial charge in [-0.3, -0.25) is 4.79 Å². The Labute approximate surface area is 143 Å². The van der Waals surface area contributed by atoms with Gasteiger partial charge in [0.1, 0.15) is 12.4 Å². The van der Waals surface area contributed by atoms with Crippen LogP contribution in [0.1, 0.15) is 32.0 Å². The molecule has 2 aliphatic heterocycles. The van der Waals surface area contributed by atoms with E-state index in [2.05, 4.69) is 32.8 Å². The predicted molar refractivity (Wildman–Crippen MR) is 94.8 cm³/mol. The van der Waals surface area contributed by atoms with E-state index < -0.39 is 0 Å². The van der Waals surface area contributed by atoms with E-state index in [0.717, 1.165) is 62.3 Å². The van der Waals surface area contributed by atoms with Crippen LogP contribution in [0.4, 0.5) is 0 Å². The molecule has 0 bridgehead atoms. The Bertz CT molecular complexity index is 735. The summed E-state index contributed by atoms with van der Waals surface area (Å²) in [5.41, 5.74) is 2.50. The fourth-order valence-electron chi connectivity index (χ4n) is 4.26. The third kappa shape index (κ3) is 2.71. The number of aromatic nitrogens is 2. The molecule has 0 saturated carbocycles. The highest BCUT2D eigenvalue weighted by atomic mass is 16.2. The number of amides is 1. The van der Waals surface area contributed by atoms with Crippen molar-refractivity contribution in [2.45, 2.75) is 39.2 Å². The number of likely N-dealkylation sites (tertiary alicyclic amines) is 1. The lowest BCUT2D eigenvalue weighted by Gasteiger charge is -2.39. The van der Waals surface area contributed by atoms with E-state index in [9.17, 15) is 4.79 Å². The van der Waals surface area contributed by atoms with Gasteiger partial charge in [-0.05, 0) is 43.4 Å². The summed E-state index contributed by atoms with van der Waals surface area (Å²) in [5.74, 6) is 1.23. The number of rotatable bonds is 3. The van der Waals surface area contributed by atoms with Crippen LogP contribution >= 0.6 is 0 Å². The van der Waals surface area contributed by atoms with Crippen molar-refractivity contribution >= 4 is 16.9 Å². The largest absolute Gasteiger partial charge is 0.341 e. The maximum atomic E-state index is 12.8. The molecule has 24 heavy (non-hydrogen) atoms. The zero-order chi connectivity index (χ0) is 16.6. The number of hydrogen-bond donors (Lipinski definition) is 1. The lowest BCUT2D eigenvalue weighted by Crippen LogP contribution is -2.45. The van der Waals surface area contributed by atoms with E-state index in [1.54, 1.807) is 0 Å². The van der Waals surface area contributed by atoms with Crippen molar-refractivity contribution in [2.75, 3.05) is 26.2 Å². The molecule has 0 radical (unpaired) electrons. The van der Waals surface area contributed by atoms with Gasteiger partial charge < -0.3 is 14.8 Å². The SMILES string of the molecule is CCc1nc2ccccc2n1CC(=O)N1CCC2(CCNC2)CC1. The second-order valence-corrected chi connectivity index (χ2v) is 7.26. The van der Waals surface area contributed by atoms with Crippen molar-refractivity contribution < 1.29 is 4.79 Å². The van der Waals surface area contributed by atoms with Crippen molar-refractivity contribution in [3.05, 3.63) is 30.1 Å². The van der Waals surface area contributed by atoms with Crippen molar-refractivity contribution in [3.8, 4) is 0 Å². The van der Waals surface area contributed by atoms with Crippen LogP contribution < -0.4 is 5.32 Å². The Hall–Kier alpha value is -1.88. The monoisotopic (exact) mass is 326 g/mol. The summed E-state index contributed by atoms with van der Waals surface area (Å²) in [5, 5.41) is 3.48. The van der Waals surface area contributed by atoms with Crippen LogP contribution in [0.25, 0.3) is 11.0 Å². The molecule has 0 aliphatic carbocycles. The molecule has 5 nitrogen and oxygen atoms in total. The third-order valence-corrected chi connectivity index (χ3v) is 5.85. The number of benzene rings is 1. The van der Waals surface area contributed by atoms with Gasteiger partial charge in [0.2, 0.25) is 5.91 Å². The Kier molecular flexibility index (Phi) is 4.04. The zero-order valence-electron chi connectivity index (χ0n) is 14.4. The number of nitrogens with one attached hydrogen (secondary N) is 1. The molecule has 1 N–H and O–H groups in total. The van der Waals surface area contributed by atoms with Crippen molar-refractivity contribution in [3.63, 3.8) is 0 Å². The third-order valence-electron chi connectivity index (χ3n) is 5.85. The van der Waals surface area contributed by atoms with Gasteiger partial charge in [0.05, 0.1) is 11.0 Å². The van der Waals surface area contributed by atoms with Gasteiger partial charge in [0, 0.05) is 26.1 Å². The number of imidazole rings is 1. The minimum Gasteiger partial charge on any atom is -0.341 e. The Morgan fingerprint density at radius 2 is 2.04 bits per heavy atom. The fourth-order valence-corrected chi connectivity index (χ4v) is 4.26. The average Bonchev–Trinajstić information content (AvgIpc) is 3.21. The summed E-state index contributed by atoms with van der Waals surface area (Å²) in [4.78, 5) is 19.6. The van der Waals surface area contributed by atoms with E-state index in [0.29, 0.717) is 12.0 Å². The quantitative estimate of drug-likeness (QED) is 0.941. The molecule has 1 spiro atoms. The van der Waals surface area contributed by atoms with Gasteiger partial charge in [0.15, 0.2) is 0 Å². The first-order chi connectivity index (χ1) is 11.7. The van der Waals surface area contributed by atoms with Crippen LogP contribution in [0.15, 0.2) is 24.3 Å². The standard InChI is InChI=1S/C19H26N4O/c1-2-17-21-15-5-3-4-6-16(15)23(17)13-18(24)22-11-8-19(9-12-22)7-10-20-14-19/h3-6,20H,2,7-14H2,1H3. The van der Waals surface area contributed by atoms with Crippen LogP contribution in [0.2, 0.25) is 0 Å². The summed E-state index contributed by atoms with van der Waals surface area (Å²) in [6.07, 6.45) is 4.38. The average molecular weight is 326 g/mol. The Balaban J connectivity index is 1.49. The summed E-state index contributed by atoms with van der Waals surface area (Å²) >= 11 is 0. The minimum atomic E-state index is 0.230. The van der Waals surface area contributed by atoms with Crippen molar-refractivity contribution in [1.29, 1.82) is 0 Å². The van der Waals surface area contributed by atoms with Crippen LogP contribution in [-0.2, 0) is 17.8 Å². The van der Waals surface area contributed by atoms with E-state index >= 15 is 0 Å². The van der Waals surface area contributed by atoms with E-state index in [-0.39, 0.29) is 5.91 Å². The Morgan fingerprint density at radius 3 is 2.75 bits per heavy atom. The zero-order valence-corrected chi connectivity index (χ0v) is 14.4. The molecule has 1 aromatic carbocycles. The van der Waals surface area contributed by atoms with E-state index in [4.69, 9.17) is 0 Å². The number of nitrogens with zero attached hydrogens (tertiary/aromatic N) is 3. The number of piperidine rings is 1. The molecule has 1 aromatic heterocycles. The number of carbonyl (C=O) groups is 1. The first-order valence-corrected chi connectivity index (χ1v) is 9.13. The number of hydrogen-bond acceptors (Lipinski definition) is 3. The first-order valence-electron chi connectivity index (χ1n) is 9.13. The maximum absolute atomic E-state index is 12.8. The van der Waals surface area contributed by atoms with Crippen LogP contribution in [0, 0.1) is 5.41 Å². The van der Waals surface area contributed by atoms with Gasteiger partial charge >= 0.3 is 0 Å². The highest BCUT2D eigenvalue weighted by molar-refractivity contribution is 5.81. The molecular weight excluding hydrogens is 300 g/mol. The van der Waals surface area contributed by atoms with E-state index in [1.165, 1.54) is 6.42 Å². The van der Waals surface area contributed by atoms with Crippen LogP contribution in [-0.4, -0.2) is 46.5 Å². The number of para-hydroxylation sites is 2. The maximum Gasteiger partial charge on any atom is 0.242 e. The number of carbonyl (C=O) groups excluding carboxylic acids is 1. The lowest BCUT2D eigenvalue weighted by molar-refractivity contribution is -0.134. The number of aryl methyl sites for hydroxylation is 1. The molecule has 5 heteroatoms. The van der Waals surface area contributed by atoms with Crippen LogP contribution in [0.3, 0.4) is 0 Å². The van der Waals surface area contributed by atoms with Crippen molar-refractivity contribution in [1.82, 2.24) is 19.8 Å². The normalized spacial score (nSPS) is 20.1. The highest BCUT2D eigenvalue weighted by Gasteiger charge is 2.38. The predicted octanol–water partition coefficient (Wildman–Crippen LogP) is 2.20. The van der Waals surface area contributed by atoms with Gasteiger partial charge in [-0.25, -0.2) is 4.98 Å². The first kappa shape index (κ1) is 15.6. The fraction of sp³-hybridized carbons (Fsp3) is 0.579. The molecule has 128 valence electrons. The summed E-state index contributed by atoms with van der Waals surface area (Å²) in [6, 6.07) is 8.10. The molecule has 2 saturated heterocycles. The molecule has 1 amide bonds. The minimum absolute atomic E-state index is 0.230. The summed E-state index contributed by atoms with van der Waals surface area (Å²) < 4.78 is 2.10. The summed E-state index contributed by atoms with van der Waals surface area (Å²) in [7, 11) is 0. The second-order valence-electron chi connectivity index (χ2n) is 7.26. The van der Waals surface area contributed by atoms with Gasteiger partial charge in [-0.1, -0.05) is 19.1 Å². The van der Waals surface area contributed by atoms with E-state index in [1.807, 2.05) is 18.2 Å². The Morgan fingerprint density at radius 1 is 1.25 bits per heavy atom. The second kappa shape index (κ2) is 6.20. The molecule has 2 fully saturated rings. The van der Waals surface area contributed by atoms with Crippen LogP contribution in [0.5, 0.6) is 0 Å². The van der Waals surface area contributed by atoms with Crippen molar-refractivity contribution in [2.24, 2.45) is 5.41 Å². The van der Waals surface area contributed by atoms with Gasteiger partial charge in [0.25, 0.3) is 0 Å². The summed E-state index contributed by atoms with van der Waals surface area (Å²) in [6.45, 7) is 6.56. The molecular formula is C19H26N4O. The van der Waals surface area contributed by atoms with Gasteiger partial charge in [-0.15, -0.1) is 0 Å². The number of fused-ring (bicyclic) bond motifs is 1. The van der Waals surface area contributed by atoms with Gasteiger partial charge in [-0.2, -0.15) is 0 Å².